The fraction of sp³-hybridized carbons (Fsp3) is 0. The highest BCUT2D eigenvalue weighted by Gasteiger charge is 2.15. The fourth-order valence-corrected chi connectivity index (χ4v) is 5.94. The van der Waals surface area contributed by atoms with Crippen LogP contribution in [0.3, 0.4) is 0 Å². The minimum atomic E-state index is 0.612. The van der Waals surface area contributed by atoms with Gasteiger partial charge in [0.25, 0.3) is 0 Å². The van der Waals surface area contributed by atoms with Crippen molar-refractivity contribution in [3.8, 4) is 45.3 Å². The Balaban J connectivity index is 1.18. The van der Waals surface area contributed by atoms with Gasteiger partial charge in [0.2, 0.25) is 0 Å². The summed E-state index contributed by atoms with van der Waals surface area (Å²) in [6, 6.07) is 47.0. The summed E-state index contributed by atoms with van der Waals surface area (Å²) >= 11 is 0. The maximum Gasteiger partial charge on any atom is 0.164 e. The summed E-state index contributed by atoms with van der Waals surface area (Å²) in [6.07, 6.45) is 0. The monoisotopic (exact) mass is 565 g/mol. The van der Waals surface area contributed by atoms with Gasteiger partial charge in [-0.3, -0.25) is 0 Å². The summed E-state index contributed by atoms with van der Waals surface area (Å²) in [5.74, 6) is 1.88. The number of nitrogens with zero attached hydrogens (tertiary/aromatic N) is 3. The van der Waals surface area contributed by atoms with Crippen molar-refractivity contribution < 1.29 is 8.83 Å². The maximum absolute atomic E-state index is 6.26. The molecule has 44 heavy (non-hydrogen) atoms. The summed E-state index contributed by atoms with van der Waals surface area (Å²) in [7, 11) is 0. The molecule has 0 saturated heterocycles. The topological polar surface area (TPSA) is 65.0 Å². The van der Waals surface area contributed by atoms with Crippen LogP contribution in [0.1, 0.15) is 0 Å². The molecule has 0 aliphatic heterocycles. The standard InChI is InChI=1S/C39H23N3O2/c1-3-9-24(10-4-1)37-40-38(25-11-5-2-6-12-25)42-39(41-37)28-17-20-35-32(22-28)31-21-26(16-19-34(31)43-35)27-15-18-30-29-13-7-8-14-33(29)44-36(30)23-27/h1-23H. The van der Waals surface area contributed by atoms with Gasteiger partial charge >= 0.3 is 0 Å². The Morgan fingerprint density at radius 1 is 0.295 bits per heavy atom. The van der Waals surface area contributed by atoms with E-state index in [1.165, 1.54) is 0 Å². The number of para-hydroxylation sites is 1. The Morgan fingerprint density at radius 2 is 0.750 bits per heavy atom. The quantitative estimate of drug-likeness (QED) is 0.212. The number of furan rings is 2. The van der Waals surface area contributed by atoms with Crippen molar-refractivity contribution in [3.05, 3.63) is 140 Å². The average Bonchev–Trinajstić information content (AvgIpc) is 3.66. The summed E-state index contributed by atoms with van der Waals surface area (Å²) in [6.45, 7) is 0. The van der Waals surface area contributed by atoms with Gasteiger partial charge in [0.15, 0.2) is 17.5 Å². The molecule has 0 atom stereocenters. The lowest BCUT2D eigenvalue weighted by molar-refractivity contribution is 0.669. The molecule has 0 radical (unpaired) electrons. The van der Waals surface area contributed by atoms with Crippen LogP contribution in [0.4, 0.5) is 0 Å². The van der Waals surface area contributed by atoms with E-state index in [4.69, 9.17) is 23.8 Å². The summed E-state index contributed by atoms with van der Waals surface area (Å²) in [5.41, 5.74) is 8.36. The smallest absolute Gasteiger partial charge is 0.164 e. The molecule has 6 aromatic carbocycles. The van der Waals surface area contributed by atoms with Crippen molar-refractivity contribution in [1.29, 1.82) is 0 Å². The van der Waals surface area contributed by atoms with Gasteiger partial charge in [-0.05, 0) is 59.7 Å². The van der Waals surface area contributed by atoms with E-state index < -0.39 is 0 Å². The Hall–Kier alpha value is -6.07. The van der Waals surface area contributed by atoms with Crippen LogP contribution in [0.2, 0.25) is 0 Å². The molecule has 206 valence electrons. The number of fused-ring (bicyclic) bond motifs is 6. The molecular weight excluding hydrogens is 542 g/mol. The molecule has 9 aromatic rings. The van der Waals surface area contributed by atoms with Crippen LogP contribution in [-0.4, -0.2) is 15.0 Å². The van der Waals surface area contributed by atoms with E-state index in [-0.39, 0.29) is 0 Å². The molecule has 5 heteroatoms. The van der Waals surface area contributed by atoms with E-state index in [1.54, 1.807) is 0 Å². The third kappa shape index (κ3) is 4.06. The van der Waals surface area contributed by atoms with Gasteiger partial charge in [-0.2, -0.15) is 0 Å². The maximum atomic E-state index is 6.26. The predicted molar refractivity (Wildman–Crippen MR) is 176 cm³/mol. The molecule has 0 amide bonds. The van der Waals surface area contributed by atoms with Crippen LogP contribution in [0.5, 0.6) is 0 Å². The second-order valence-electron chi connectivity index (χ2n) is 10.9. The second-order valence-corrected chi connectivity index (χ2v) is 10.9. The predicted octanol–water partition coefficient (Wildman–Crippen LogP) is 10.3. The van der Waals surface area contributed by atoms with Gasteiger partial charge in [0, 0.05) is 38.2 Å². The van der Waals surface area contributed by atoms with Crippen molar-refractivity contribution in [2.45, 2.75) is 0 Å². The minimum absolute atomic E-state index is 0.612. The van der Waals surface area contributed by atoms with Crippen LogP contribution in [0, 0.1) is 0 Å². The van der Waals surface area contributed by atoms with E-state index in [2.05, 4.69) is 42.5 Å². The zero-order valence-electron chi connectivity index (χ0n) is 23.4. The van der Waals surface area contributed by atoms with Gasteiger partial charge in [-0.1, -0.05) is 91.0 Å². The van der Waals surface area contributed by atoms with E-state index >= 15 is 0 Å². The molecule has 0 aliphatic carbocycles. The number of rotatable bonds is 4. The Labute approximate surface area is 252 Å². The summed E-state index contributed by atoms with van der Waals surface area (Å²) in [4.78, 5) is 14.7. The first kappa shape index (κ1) is 24.5. The molecule has 0 fully saturated rings. The molecule has 0 saturated carbocycles. The summed E-state index contributed by atoms with van der Waals surface area (Å²) in [5, 5.41) is 4.28. The first-order chi connectivity index (χ1) is 21.8. The molecular formula is C39H23N3O2. The minimum Gasteiger partial charge on any atom is -0.456 e. The zero-order chi connectivity index (χ0) is 29.0. The normalized spacial score (nSPS) is 11.6. The van der Waals surface area contributed by atoms with E-state index in [0.717, 1.165) is 71.7 Å². The molecule has 0 N–H and O–H groups in total. The van der Waals surface area contributed by atoms with Crippen LogP contribution in [0.15, 0.2) is 148 Å². The molecule has 5 nitrogen and oxygen atoms in total. The van der Waals surface area contributed by atoms with Gasteiger partial charge in [-0.25, -0.2) is 15.0 Å². The lowest BCUT2D eigenvalue weighted by Crippen LogP contribution is -2.00. The van der Waals surface area contributed by atoms with Crippen molar-refractivity contribution in [3.63, 3.8) is 0 Å². The van der Waals surface area contributed by atoms with Crippen molar-refractivity contribution in [2.24, 2.45) is 0 Å². The zero-order valence-corrected chi connectivity index (χ0v) is 23.4. The van der Waals surface area contributed by atoms with E-state index in [1.807, 2.05) is 97.1 Å². The SMILES string of the molecule is c1ccc(-c2nc(-c3ccccc3)nc(-c3ccc4oc5ccc(-c6ccc7c(c6)oc6ccccc67)cc5c4c3)n2)cc1. The van der Waals surface area contributed by atoms with Gasteiger partial charge in [-0.15, -0.1) is 0 Å². The number of benzene rings is 6. The second kappa shape index (κ2) is 9.75. The highest BCUT2D eigenvalue weighted by Crippen LogP contribution is 2.37. The first-order valence-corrected chi connectivity index (χ1v) is 14.5. The highest BCUT2D eigenvalue weighted by molar-refractivity contribution is 6.09. The third-order valence-electron chi connectivity index (χ3n) is 8.14. The van der Waals surface area contributed by atoms with E-state index in [9.17, 15) is 0 Å². The van der Waals surface area contributed by atoms with E-state index in [0.29, 0.717) is 17.5 Å². The van der Waals surface area contributed by atoms with Crippen LogP contribution >= 0.6 is 0 Å². The molecule has 0 aliphatic rings. The van der Waals surface area contributed by atoms with Crippen LogP contribution in [-0.2, 0) is 0 Å². The lowest BCUT2D eigenvalue weighted by atomic mass is 10.0. The highest BCUT2D eigenvalue weighted by atomic mass is 16.3. The average molecular weight is 566 g/mol. The molecule has 3 aromatic heterocycles. The van der Waals surface area contributed by atoms with Gasteiger partial charge < -0.3 is 8.83 Å². The molecule has 3 heterocycles. The van der Waals surface area contributed by atoms with Gasteiger partial charge in [0.1, 0.15) is 22.3 Å². The number of hydrogen-bond donors (Lipinski definition) is 0. The first-order valence-electron chi connectivity index (χ1n) is 14.5. The number of aromatic nitrogens is 3. The Kier molecular flexibility index (Phi) is 5.43. The third-order valence-corrected chi connectivity index (χ3v) is 8.14. The van der Waals surface area contributed by atoms with Crippen molar-refractivity contribution in [1.82, 2.24) is 15.0 Å². The molecule has 0 spiro atoms. The lowest BCUT2D eigenvalue weighted by Gasteiger charge is -2.08. The van der Waals surface area contributed by atoms with Crippen LogP contribution in [0.25, 0.3) is 89.2 Å². The Morgan fingerprint density at radius 3 is 1.43 bits per heavy atom. The Bertz CT molecular complexity index is 2440. The van der Waals surface area contributed by atoms with Gasteiger partial charge in [0.05, 0.1) is 0 Å². The van der Waals surface area contributed by atoms with Crippen LogP contribution < -0.4 is 0 Å². The fourth-order valence-electron chi connectivity index (χ4n) is 5.94. The molecule has 0 unspecified atom stereocenters. The van der Waals surface area contributed by atoms with Crippen molar-refractivity contribution >= 4 is 43.9 Å². The number of hydrogen-bond acceptors (Lipinski definition) is 5. The largest absolute Gasteiger partial charge is 0.456 e. The van der Waals surface area contributed by atoms with Crippen molar-refractivity contribution in [2.75, 3.05) is 0 Å². The summed E-state index contributed by atoms with van der Waals surface area (Å²) < 4.78 is 12.4. The molecule has 0 bridgehead atoms. The molecule has 9 rings (SSSR count).